The van der Waals surface area contributed by atoms with Crippen LogP contribution >= 0.6 is 0 Å². The van der Waals surface area contributed by atoms with Crippen LogP contribution in [0.4, 0.5) is 0 Å². The predicted molar refractivity (Wildman–Crippen MR) is 76.3 cm³/mol. The van der Waals surface area contributed by atoms with Crippen molar-refractivity contribution < 1.29 is 9.53 Å². The molecule has 1 heterocycles. The van der Waals surface area contributed by atoms with E-state index in [-0.39, 0.29) is 24.6 Å². The molecule has 0 bridgehead atoms. The molecular weight excluding hydrogens is 252 g/mol. The Morgan fingerprint density at radius 1 is 1.40 bits per heavy atom. The Kier molecular flexibility index (Phi) is 4.62. The highest BCUT2D eigenvalue weighted by Crippen LogP contribution is 2.22. The number of hydrogen-bond acceptors (Lipinski definition) is 3. The van der Waals surface area contributed by atoms with Crippen molar-refractivity contribution in [2.75, 3.05) is 6.61 Å². The quantitative estimate of drug-likeness (QED) is 0.850. The molecule has 4 heteroatoms. The van der Waals surface area contributed by atoms with Crippen LogP contribution in [0.3, 0.4) is 0 Å². The fourth-order valence-electron chi connectivity index (χ4n) is 2.79. The maximum absolute atomic E-state index is 12.3. The van der Waals surface area contributed by atoms with Gasteiger partial charge in [-0.15, -0.1) is 0 Å². The zero-order chi connectivity index (χ0) is 14.5. The Hall–Kier alpha value is -2.02. The van der Waals surface area contributed by atoms with E-state index >= 15 is 0 Å². The standard InChI is InChI=1S/C16H20N2O2/c1-12-5-3-6-13(2)18(12)16(19)11-20-15-8-4-7-14(9-15)10-17/h4,7-9,12-13H,3,5-6,11H2,1-2H3/t12-,13+. The van der Waals surface area contributed by atoms with E-state index in [1.807, 2.05) is 4.90 Å². The van der Waals surface area contributed by atoms with Gasteiger partial charge in [-0.2, -0.15) is 5.26 Å². The minimum atomic E-state index is 0.0204. The zero-order valence-corrected chi connectivity index (χ0v) is 12.0. The van der Waals surface area contributed by atoms with E-state index in [2.05, 4.69) is 19.9 Å². The first kappa shape index (κ1) is 14.4. The largest absolute Gasteiger partial charge is 0.484 e. The summed E-state index contributed by atoms with van der Waals surface area (Å²) in [5.74, 6) is 0.585. The van der Waals surface area contributed by atoms with Crippen molar-refractivity contribution in [1.29, 1.82) is 5.26 Å². The van der Waals surface area contributed by atoms with Gasteiger partial charge in [-0.1, -0.05) is 6.07 Å². The predicted octanol–water partition coefficient (Wildman–Crippen LogP) is 2.73. The van der Waals surface area contributed by atoms with Crippen molar-refractivity contribution in [3.63, 3.8) is 0 Å². The van der Waals surface area contributed by atoms with E-state index < -0.39 is 0 Å². The average Bonchev–Trinajstić information content (AvgIpc) is 2.45. The van der Waals surface area contributed by atoms with Crippen LogP contribution in [0.25, 0.3) is 0 Å². The molecule has 0 saturated carbocycles. The second kappa shape index (κ2) is 6.42. The molecule has 1 aliphatic heterocycles. The van der Waals surface area contributed by atoms with Gasteiger partial charge in [0.05, 0.1) is 11.6 Å². The Morgan fingerprint density at radius 3 is 2.75 bits per heavy atom. The fourth-order valence-corrected chi connectivity index (χ4v) is 2.79. The van der Waals surface area contributed by atoms with Crippen LogP contribution in [0.2, 0.25) is 0 Å². The molecule has 2 atom stereocenters. The lowest BCUT2D eigenvalue weighted by Gasteiger charge is -2.38. The van der Waals surface area contributed by atoms with Crippen LogP contribution in [-0.2, 0) is 4.79 Å². The number of nitriles is 1. The monoisotopic (exact) mass is 272 g/mol. The summed E-state index contributed by atoms with van der Waals surface area (Å²) in [6.45, 7) is 4.21. The molecule has 0 aromatic heterocycles. The third kappa shape index (κ3) is 3.30. The zero-order valence-electron chi connectivity index (χ0n) is 12.0. The van der Waals surface area contributed by atoms with Crippen molar-refractivity contribution in [3.05, 3.63) is 29.8 Å². The van der Waals surface area contributed by atoms with Gasteiger partial charge >= 0.3 is 0 Å². The molecule has 2 rings (SSSR count). The summed E-state index contributed by atoms with van der Waals surface area (Å²) in [6.07, 6.45) is 3.29. The highest BCUT2D eigenvalue weighted by molar-refractivity contribution is 5.78. The summed E-state index contributed by atoms with van der Waals surface area (Å²) in [4.78, 5) is 14.2. The van der Waals surface area contributed by atoms with E-state index in [0.29, 0.717) is 11.3 Å². The molecule has 4 nitrogen and oxygen atoms in total. The molecule has 0 unspecified atom stereocenters. The number of benzene rings is 1. The first-order valence-corrected chi connectivity index (χ1v) is 7.06. The smallest absolute Gasteiger partial charge is 0.260 e. The van der Waals surface area contributed by atoms with Crippen molar-refractivity contribution in [2.24, 2.45) is 0 Å². The molecule has 1 aliphatic rings. The van der Waals surface area contributed by atoms with Crippen LogP contribution in [0, 0.1) is 11.3 Å². The number of hydrogen-bond donors (Lipinski definition) is 0. The van der Waals surface area contributed by atoms with E-state index in [1.165, 1.54) is 6.42 Å². The summed E-state index contributed by atoms with van der Waals surface area (Å²) in [5, 5.41) is 8.83. The summed E-state index contributed by atoms with van der Waals surface area (Å²) < 4.78 is 5.52. The lowest BCUT2D eigenvalue weighted by Crippen LogP contribution is -2.49. The first-order chi connectivity index (χ1) is 9.61. The topological polar surface area (TPSA) is 53.3 Å². The number of nitrogens with zero attached hydrogens (tertiary/aromatic N) is 2. The van der Waals surface area contributed by atoms with Gasteiger partial charge in [0.25, 0.3) is 5.91 Å². The van der Waals surface area contributed by atoms with E-state index in [0.717, 1.165) is 12.8 Å². The molecule has 1 aromatic carbocycles. The van der Waals surface area contributed by atoms with Gasteiger partial charge < -0.3 is 9.64 Å². The second-order valence-corrected chi connectivity index (χ2v) is 5.36. The fraction of sp³-hybridized carbons (Fsp3) is 0.500. The van der Waals surface area contributed by atoms with Crippen molar-refractivity contribution in [2.45, 2.75) is 45.2 Å². The van der Waals surface area contributed by atoms with Gasteiger partial charge in [-0.25, -0.2) is 0 Å². The number of carbonyl (C=O) groups excluding carboxylic acids is 1. The van der Waals surface area contributed by atoms with Gasteiger partial charge in [-0.05, 0) is 51.3 Å². The molecular formula is C16H20N2O2. The van der Waals surface area contributed by atoms with Crippen molar-refractivity contribution >= 4 is 5.91 Å². The molecule has 20 heavy (non-hydrogen) atoms. The first-order valence-electron chi connectivity index (χ1n) is 7.06. The molecule has 1 aromatic rings. The lowest BCUT2D eigenvalue weighted by molar-refractivity contribution is -0.139. The molecule has 0 spiro atoms. The highest BCUT2D eigenvalue weighted by Gasteiger charge is 2.28. The maximum Gasteiger partial charge on any atom is 0.260 e. The third-order valence-corrected chi connectivity index (χ3v) is 3.81. The number of likely N-dealkylation sites (tertiary alicyclic amines) is 1. The minimum Gasteiger partial charge on any atom is -0.484 e. The lowest BCUT2D eigenvalue weighted by atomic mass is 9.97. The van der Waals surface area contributed by atoms with Crippen LogP contribution in [0.15, 0.2) is 24.3 Å². The Morgan fingerprint density at radius 2 is 2.10 bits per heavy atom. The third-order valence-electron chi connectivity index (χ3n) is 3.81. The van der Waals surface area contributed by atoms with Crippen molar-refractivity contribution in [1.82, 2.24) is 4.90 Å². The van der Waals surface area contributed by atoms with Gasteiger partial charge in [0.2, 0.25) is 0 Å². The molecule has 0 radical (unpaired) electrons. The van der Waals surface area contributed by atoms with E-state index in [9.17, 15) is 4.79 Å². The number of rotatable bonds is 3. The van der Waals surface area contributed by atoms with E-state index in [1.54, 1.807) is 24.3 Å². The van der Waals surface area contributed by atoms with Crippen LogP contribution in [0.1, 0.15) is 38.7 Å². The average molecular weight is 272 g/mol. The van der Waals surface area contributed by atoms with E-state index in [4.69, 9.17) is 10.00 Å². The van der Waals surface area contributed by atoms with Gasteiger partial charge in [0.1, 0.15) is 5.75 Å². The van der Waals surface area contributed by atoms with Gasteiger partial charge in [0.15, 0.2) is 6.61 Å². The highest BCUT2D eigenvalue weighted by atomic mass is 16.5. The molecule has 0 aliphatic carbocycles. The molecule has 1 amide bonds. The normalized spacial score (nSPS) is 22.1. The summed E-state index contributed by atoms with van der Waals surface area (Å²) in [7, 11) is 0. The number of amides is 1. The van der Waals surface area contributed by atoms with Crippen LogP contribution in [0.5, 0.6) is 5.75 Å². The van der Waals surface area contributed by atoms with Crippen molar-refractivity contribution in [3.8, 4) is 11.8 Å². The van der Waals surface area contributed by atoms with Gasteiger partial charge in [-0.3, -0.25) is 4.79 Å². The number of ether oxygens (including phenoxy) is 1. The number of piperidine rings is 1. The Balaban J connectivity index is 1.96. The van der Waals surface area contributed by atoms with Crippen LogP contribution < -0.4 is 4.74 Å². The Labute approximate surface area is 120 Å². The Bertz CT molecular complexity index is 511. The van der Waals surface area contributed by atoms with Gasteiger partial charge in [0, 0.05) is 12.1 Å². The summed E-state index contributed by atoms with van der Waals surface area (Å²) >= 11 is 0. The SMILES string of the molecule is C[C@@H]1CCC[C@H](C)N1C(=O)COc1cccc(C#N)c1. The minimum absolute atomic E-state index is 0.0204. The molecule has 0 N–H and O–H groups in total. The molecule has 1 saturated heterocycles. The second-order valence-electron chi connectivity index (χ2n) is 5.36. The maximum atomic E-state index is 12.3. The number of carbonyl (C=O) groups is 1. The van der Waals surface area contributed by atoms with Crippen LogP contribution in [-0.4, -0.2) is 29.5 Å². The summed E-state index contributed by atoms with van der Waals surface area (Å²) in [6, 6.07) is 9.49. The molecule has 1 fully saturated rings. The summed E-state index contributed by atoms with van der Waals surface area (Å²) in [5.41, 5.74) is 0.537. The molecule has 106 valence electrons.